The lowest BCUT2D eigenvalue weighted by molar-refractivity contribution is -0.126. The van der Waals surface area contributed by atoms with E-state index in [1.54, 1.807) is 0 Å². The minimum absolute atomic E-state index is 0.0269. The highest BCUT2D eigenvalue weighted by Crippen LogP contribution is 2.25. The van der Waals surface area contributed by atoms with Gasteiger partial charge in [-0.15, -0.1) is 0 Å². The zero-order chi connectivity index (χ0) is 24.2. The second-order valence-corrected chi connectivity index (χ2v) is 8.57. The van der Waals surface area contributed by atoms with Crippen LogP contribution < -0.4 is 15.4 Å². The molecule has 0 aliphatic heterocycles. The third-order valence-electron chi connectivity index (χ3n) is 5.73. The predicted octanol–water partition coefficient (Wildman–Crippen LogP) is 4.00. The van der Waals surface area contributed by atoms with E-state index in [1.807, 2.05) is 0 Å². The van der Waals surface area contributed by atoms with E-state index in [0.717, 1.165) is 18.2 Å². The molecule has 0 bridgehead atoms. The molecule has 1 aliphatic carbocycles. The maximum absolute atomic E-state index is 13.4. The number of rotatable bonds is 7. The summed E-state index contributed by atoms with van der Waals surface area (Å²) >= 11 is 5.62. The summed E-state index contributed by atoms with van der Waals surface area (Å²) in [6.07, 6.45) is 2.44. The maximum Gasteiger partial charge on any atom is 0.258 e. The molecule has 3 N–H and O–H groups in total. The summed E-state index contributed by atoms with van der Waals surface area (Å²) in [6, 6.07) is 5.89. The van der Waals surface area contributed by atoms with Crippen molar-refractivity contribution in [3.8, 4) is 5.75 Å². The molecule has 0 radical (unpaired) electrons. The van der Waals surface area contributed by atoms with Crippen molar-refractivity contribution in [1.29, 1.82) is 0 Å². The van der Waals surface area contributed by atoms with Crippen LogP contribution in [0.15, 0.2) is 30.3 Å². The molecule has 2 aromatic carbocycles. The minimum Gasteiger partial charge on any atom is -0.484 e. The molecule has 11 heteroatoms. The number of hydrogen-bond donors (Lipinski definition) is 3. The summed E-state index contributed by atoms with van der Waals surface area (Å²) in [7, 11) is 0. The van der Waals surface area contributed by atoms with Gasteiger partial charge in [-0.3, -0.25) is 9.59 Å². The Morgan fingerprint density at radius 3 is 2.53 bits per heavy atom. The fourth-order valence-electron chi connectivity index (χ4n) is 3.94. The van der Waals surface area contributed by atoms with Gasteiger partial charge in [0.15, 0.2) is 18.2 Å². The predicted molar refractivity (Wildman–Crippen MR) is 119 cm³/mol. The normalized spacial score (nSPS) is 18.0. The number of imidazole rings is 1. The van der Waals surface area contributed by atoms with Crippen LogP contribution in [0.1, 0.15) is 31.5 Å². The lowest BCUT2D eigenvalue weighted by Crippen LogP contribution is -2.42. The molecule has 0 saturated heterocycles. The average molecular weight is 495 g/mol. The number of ether oxygens (including phenoxy) is 1. The number of benzene rings is 2. The molecule has 3 aromatic rings. The number of fused-ring (bicyclic) bond motifs is 1. The van der Waals surface area contributed by atoms with Gasteiger partial charge in [0.25, 0.3) is 5.91 Å². The Morgan fingerprint density at radius 1 is 1.06 bits per heavy atom. The van der Waals surface area contributed by atoms with Gasteiger partial charge in [-0.05, 0) is 37.8 Å². The summed E-state index contributed by atoms with van der Waals surface area (Å²) in [5, 5.41) is 5.63. The lowest BCUT2D eigenvalue weighted by atomic mass is 9.85. The van der Waals surface area contributed by atoms with Crippen LogP contribution in [-0.2, 0) is 16.1 Å². The molecule has 1 aromatic heterocycles. The second kappa shape index (κ2) is 10.3. The Bertz CT molecular complexity index is 1170. The quantitative estimate of drug-likeness (QED) is 0.462. The first kappa shape index (κ1) is 23.9. The molecular weight excluding hydrogens is 473 g/mol. The Morgan fingerprint density at radius 2 is 1.79 bits per heavy atom. The Labute approximate surface area is 198 Å². The summed E-state index contributed by atoms with van der Waals surface area (Å²) in [6.45, 7) is -0.150. The van der Waals surface area contributed by atoms with Crippen molar-refractivity contribution in [3.05, 3.63) is 58.6 Å². The van der Waals surface area contributed by atoms with Crippen molar-refractivity contribution < 1.29 is 27.5 Å². The van der Waals surface area contributed by atoms with E-state index >= 15 is 0 Å². The summed E-state index contributed by atoms with van der Waals surface area (Å²) in [4.78, 5) is 31.7. The zero-order valence-electron chi connectivity index (χ0n) is 18.0. The van der Waals surface area contributed by atoms with Crippen molar-refractivity contribution in [1.82, 2.24) is 20.6 Å². The average Bonchev–Trinajstić information content (AvgIpc) is 3.20. The van der Waals surface area contributed by atoms with Crippen molar-refractivity contribution >= 4 is 34.4 Å². The van der Waals surface area contributed by atoms with E-state index in [4.69, 9.17) is 16.3 Å². The van der Waals surface area contributed by atoms with Gasteiger partial charge in [0.1, 0.15) is 17.4 Å². The van der Waals surface area contributed by atoms with Crippen LogP contribution >= 0.6 is 11.6 Å². The fraction of sp³-hybridized carbons (Fsp3) is 0.348. The topological polar surface area (TPSA) is 96.1 Å². The molecule has 2 amide bonds. The number of aromatic amines is 1. The highest BCUT2D eigenvalue weighted by molar-refractivity contribution is 6.30. The first-order valence-corrected chi connectivity index (χ1v) is 11.1. The number of carbonyl (C=O) groups excluding carboxylic acids is 2. The van der Waals surface area contributed by atoms with Gasteiger partial charge in [0.2, 0.25) is 5.91 Å². The highest BCUT2D eigenvalue weighted by atomic mass is 35.5. The first-order valence-electron chi connectivity index (χ1n) is 10.8. The van der Waals surface area contributed by atoms with Gasteiger partial charge in [-0.25, -0.2) is 18.2 Å². The molecule has 1 aliphatic rings. The lowest BCUT2D eigenvalue weighted by Gasteiger charge is -2.28. The molecular formula is C23H22ClF3N4O3. The molecule has 1 saturated carbocycles. The standard InChI is InChI=1S/C23H22ClF3N4O3/c24-15-6-5-14(7-16(15)25)34-11-22(32)29-13-3-1-12(2-4-13)23(33)28-10-21-30-19-8-17(26)18(27)9-20(19)31-21/h5-9,12-13H,1-4,10-11H2,(H,28,33)(H,29,32)(H,30,31). The number of carbonyl (C=O) groups is 2. The minimum atomic E-state index is -0.983. The molecule has 0 unspecified atom stereocenters. The van der Waals surface area contributed by atoms with E-state index in [9.17, 15) is 22.8 Å². The zero-order valence-corrected chi connectivity index (χ0v) is 18.7. The number of amides is 2. The van der Waals surface area contributed by atoms with Gasteiger partial charge in [-0.2, -0.15) is 0 Å². The SMILES string of the molecule is O=C(COc1ccc(Cl)c(F)c1)NC1CCC(C(=O)NCc2nc3cc(F)c(F)cc3[nH]2)CC1. The van der Waals surface area contributed by atoms with E-state index < -0.39 is 17.5 Å². The molecule has 0 atom stereocenters. The summed E-state index contributed by atoms with van der Waals surface area (Å²) < 4.78 is 45.4. The van der Waals surface area contributed by atoms with E-state index in [-0.39, 0.29) is 53.2 Å². The van der Waals surface area contributed by atoms with Crippen LogP contribution in [0.2, 0.25) is 5.02 Å². The van der Waals surface area contributed by atoms with E-state index in [1.165, 1.54) is 12.1 Å². The fourth-order valence-corrected chi connectivity index (χ4v) is 4.06. The Hall–Kier alpha value is -3.27. The van der Waals surface area contributed by atoms with Crippen molar-refractivity contribution in [2.24, 2.45) is 5.92 Å². The van der Waals surface area contributed by atoms with Crippen LogP contribution in [0.4, 0.5) is 13.2 Å². The highest BCUT2D eigenvalue weighted by Gasteiger charge is 2.27. The first-order chi connectivity index (χ1) is 16.3. The molecule has 7 nitrogen and oxygen atoms in total. The van der Waals surface area contributed by atoms with Crippen LogP contribution in [-0.4, -0.2) is 34.4 Å². The van der Waals surface area contributed by atoms with E-state index in [2.05, 4.69) is 20.6 Å². The van der Waals surface area contributed by atoms with Crippen molar-refractivity contribution in [3.63, 3.8) is 0 Å². The van der Waals surface area contributed by atoms with Gasteiger partial charge in [0, 0.05) is 30.2 Å². The van der Waals surface area contributed by atoms with Gasteiger partial charge in [0.05, 0.1) is 22.6 Å². The molecule has 34 heavy (non-hydrogen) atoms. The van der Waals surface area contributed by atoms with Crippen LogP contribution in [0.25, 0.3) is 11.0 Å². The van der Waals surface area contributed by atoms with Crippen LogP contribution in [0, 0.1) is 23.4 Å². The van der Waals surface area contributed by atoms with Gasteiger partial charge < -0.3 is 20.4 Å². The molecule has 1 fully saturated rings. The van der Waals surface area contributed by atoms with Crippen molar-refractivity contribution in [2.75, 3.05) is 6.61 Å². The summed E-state index contributed by atoms with van der Waals surface area (Å²) in [5.41, 5.74) is 0.633. The third-order valence-corrected chi connectivity index (χ3v) is 6.03. The monoisotopic (exact) mass is 494 g/mol. The Balaban J connectivity index is 1.19. The number of hydrogen-bond acceptors (Lipinski definition) is 4. The number of H-pyrrole nitrogens is 1. The third kappa shape index (κ3) is 5.80. The largest absolute Gasteiger partial charge is 0.484 e. The Kier molecular flexibility index (Phi) is 7.26. The number of halogens is 4. The number of nitrogens with zero attached hydrogens (tertiary/aromatic N) is 1. The molecule has 1 heterocycles. The van der Waals surface area contributed by atoms with Gasteiger partial charge >= 0.3 is 0 Å². The smallest absolute Gasteiger partial charge is 0.258 e. The number of aromatic nitrogens is 2. The number of nitrogens with one attached hydrogen (secondary N) is 3. The summed E-state index contributed by atoms with van der Waals surface area (Å²) in [5.74, 6) is -2.66. The van der Waals surface area contributed by atoms with Crippen molar-refractivity contribution in [2.45, 2.75) is 38.3 Å². The second-order valence-electron chi connectivity index (χ2n) is 8.17. The van der Waals surface area contributed by atoms with Crippen LogP contribution in [0.5, 0.6) is 5.75 Å². The maximum atomic E-state index is 13.4. The van der Waals surface area contributed by atoms with Crippen LogP contribution in [0.3, 0.4) is 0 Å². The van der Waals surface area contributed by atoms with Gasteiger partial charge in [-0.1, -0.05) is 11.6 Å². The molecule has 180 valence electrons. The molecule has 4 rings (SSSR count). The van der Waals surface area contributed by atoms with E-state index in [0.29, 0.717) is 37.0 Å². The molecule has 0 spiro atoms.